The first kappa shape index (κ1) is 13.2. The maximum atomic E-state index is 4.37. The highest BCUT2D eigenvalue weighted by Gasteiger charge is 2.01. The van der Waals surface area contributed by atoms with Crippen LogP contribution in [0.25, 0.3) is 11.3 Å². The first-order valence-electron chi connectivity index (χ1n) is 6.84. The summed E-state index contributed by atoms with van der Waals surface area (Å²) in [6.45, 7) is 2.66. The van der Waals surface area contributed by atoms with Crippen LogP contribution < -0.4 is 5.32 Å². The highest BCUT2D eigenvalue weighted by atomic mass is 15.1. The van der Waals surface area contributed by atoms with Crippen LogP contribution in [-0.2, 0) is 6.54 Å². The molecule has 1 aromatic carbocycles. The lowest BCUT2D eigenvalue weighted by Gasteiger charge is -2.07. The van der Waals surface area contributed by atoms with Gasteiger partial charge in [0.2, 0.25) is 5.95 Å². The van der Waals surface area contributed by atoms with Gasteiger partial charge in [-0.05, 0) is 36.2 Å². The second-order valence-electron chi connectivity index (χ2n) is 4.85. The molecule has 0 aliphatic carbocycles. The summed E-state index contributed by atoms with van der Waals surface area (Å²) in [4.78, 5) is 12.9. The lowest BCUT2D eigenvalue weighted by Crippen LogP contribution is -2.03. The van der Waals surface area contributed by atoms with Gasteiger partial charge in [0.05, 0.1) is 5.69 Å². The zero-order chi connectivity index (χ0) is 14.5. The molecule has 0 saturated carbocycles. The van der Waals surface area contributed by atoms with Gasteiger partial charge in [0.1, 0.15) is 0 Å². The van der Waals surface area contributed by atoms with Crippen LogP contribution in [0, 0.1) is 6.92 Å². The maximum absolute atomic E-state index is 4.37. The summed E-state index contributed by atoms with van der Waals surface area (Å²) in [5, 5.41) is 3.22. The van der Waals surface area contributed by atoms with E-state index in [1.165, 1.54) is 5.56 Å². The van der Waals surface area contributed by atoms with Crippen LogP contribution in [0.5, 0.6) is 0 Å². The summed E-state index contributed by atoms with van der Waals surface area (Å²) in [5.74, 6) is 0.642. The lowest BCUT2D eigenvalue weighted by molar-refractivity contribution is 1.04. The number of rotatable bonds is 4. The number of anilines is 1. The molecule has 2 aromatic heterocycles. The third kappa shape index (κ3) is 3.42. The van der Waals surface area contributed by atoms with Crippen molar-refractivity contribution < 1.29 is 0 Å². The first-order chi connectivity index (χ1) is 10.3. The van der Waals surface area contributed by atoms with Gasteiger partial charge in [-0.15, -0.1) is 0 Å². The van der Waals surface area contributed by atoms with Gasteiger partial charge in [-0.2, -0.15) is 0 Å². The van der Waals surface area contributed by atoms with Crippen molar-refractivity contribution in [2.75, 3.05) is 5.32 Å². The molecule has 0 amide bonds. The zero-order valence-corrected chi connectivity index (χ0v) is 11.8. The van der Waals surface area contributed by atoms with Crippen molar-refractivity contribution >= 4 is 5.95 Å². The van der Waals surface area contributed by atoms with Crippen molar-refractivity contribution in [3.05, 3.63) is 72.2 Å². The summed E-state index contributed by atoms with van der Waals surface area (Å²) in [5.41, 5.74) is 4.31. The van der Waals surface area contributed by atoms with Gasteiger partial charge in [0, 0.05) is 30.7 Å². The van der Waals surface area contributed by atoms with Gasteiger partial charge in [-0.1, -0.05) is 24.3 Å². The first-order valence-corrected chi connectivity index (χ1v) is 6.84. The maximum Gasteiger partial charge on any atom is 0.222 e. The highest BCUT2D eigenvalue weighted by molar-refractivity contribution is 5.59. The van der Waals surface area contributed by atoms with Crippen LogP contribution in [0.2, 0.25) is 0 Å². The molecule has 1 N–H and O–H groups in total. The smallest absolute Gasteiger partial charge is 0.222 e. The van der Waals surface area contributed by atoms with E-state index in [0.717, 1.165) is 16.8 Å². The van der Waals surface area contributed by atoms with E-state index in [0.29, 0.717) is 12.5 Å². The van der Waals surface area contributed by atoms with Gasteiger partial charge >= 0.3 is 0 Å². The van der Waals surface area contributed by atoms with Crippen LogP contribution in [-0.4, -0.2) is 15.0 Å². The minimum absolute atomic E-state index is 0.642. The number of nitrogens with zero attached hydrogens (tertiary/aromatic N) is 3. The second-order valence-corrected chi connectivity index (χ2v) is 4.85. The Bertz CT molecular complexity index is 708. The Morgan fingerprint density at radius 3 is 2.57 bits per heavy atom. The van der Waals surface area contributed by atoms with Gasteiger partial charge in [0.25, 0.3) is 0 Å². The van der Waals surface area contributed by atoms with Crippen molar-refractivity contribution in [3.8, 4) is 11.3 Å². The number of aryl methyl sites for hydroxylation is 1. The molecule has 0 spiro atoms. The minimum Gasteiger partial charge on any atom is -0.350 e. The van der Waals surface area contributed by atoms with Crippen LogP contribution in [0.3, 0.4) is 0 Å². The SMILES string of the molecule is Cc1cnc(NCc2cccc(-c3ccccn3)c2)nc1. The molecular weight excluding hydrogens is 260 g/mol. The number of pyridine rings is 1. The van der Waals surface area contributed by atoms with Crippen LogP contribution in [0.1, 0.15) is 11.1 Å². The highest BCUT2D eigenvalue weighted by Crippen LogP contribution is 2.18. The van der Waals surface area contributed by atoms with Gasteiger partial charge in [-0.25, -0.2) is 9.97 Å². The standard InChI is InChI=1S/C17H16N4/c1-13-10-19-17(20-11-13)21-12-14-5-4-6-15(9-14)16-7-2-3-8-18-16/h2-11H,12H2,1H3,(H,19,20,21). The Kier molecular flexibility index (Phi) is 3.87. The van der Waals surface area contributed by atoms with Crippen molar-refractivity contribution in [3.63, 3.8) is 0 Å². The number of benzene rings is 1. The molecule has 4 nitrogen and oxygen atoms in total. The van der Waals surface area contributed by atoms with Gasteiger partial charge in [-0.3, -0.25) is 4.98 Å². The Morgan fingerprint density at radius 1 is 0.952 bits per heavy atom. The van der Waals surface area contributed by atoms with E-state index in [2.05, 4.69) is 38.5 Å². The van der Waals surface area contributed by atoms with E-state index >= 15 is 0 Å². The summed E-state index contributed by atoms with van der Waals surface area (Å²) in [7, 11) is 0. The molecule has 104 valence electrons. The molecule has 0 unspecified atom stereocenters. The van der Waals surface area contributed by atoms with Crippen molar-refractivity contribution in [2.45, 2.75) is 13.5 Å². The number of nitrogens with one attached hydrogen (secondary N) is 1. The van der Waals surface area contributed by atoms with E-state index in [-0.39, 0.29) is 0 Å². The fourth-order valence-corrected chi connectivity index (χ4v) is 2.04. The quantitative estimate of drug-likeness (QED) is 0.793. The van der Waals surface area contributed by atoms with Crippen molar-refractivity contribution in [1.82, 2.24) is 15.0 Å². The third-order valence-corrected chi connectivity index (χ3v) is 3.12. The molecule has 4 heteroatoms. The molecule has 0 atom stereocenters. The molecule has 0 bridgehead atoms. The summed E-state index contributed by atoms with van der Waals surface area (Å²) in [6.07, 6.45) is 5.42. The molecule has 0 aliphatic rings. The summed E-state index contributed by atoms with van der Waals surface area (Å²) < 4.78 is 0. The zero-order valence-electron chi connectivity index (χ0n) is 11.8. The topological polar surface area (TPSA) is 50.7 Å². The predicted octanol–water partition coefficient (Wildman–Crippen LogP) is 3.46. The predicted molar refractivity (Wildman–Crippen MR) is 83.8 cm³/mol. The van der Waals surface area contributed by atoms with Gasteiger partial charge in [0.15, 0.2) is 0 Å². The van der Waals surface area contributed by atoms with Crippen LogP contribution >= 0.6 is 0 Å². The Labute approximate surface area is 123 Å². The third-order valence-electron chi connectivity index (χ3n) is 3.12. The Hall–Kier alpha value is -2.75. The van der Waals surface area contributed by atoms with Crippen LogP contribution in [0.4, 0.5) is 5.95 Å². The molecular formula is C17H16N4. The van der Waals surface area contributed by atoms with E-state index < -0.39 is 0 Å². The normalized spacial score (nSPS) is 10.3. The largest absolute Gasteiger partial charge is 0.350 e. The van der Waals surface area contributed by atoms with Crippen LogP contribution in [0.15, 0.2) is 61.1 Å². The second kappa shape index (κ2) is 6.13. The molecule has 0 fully saturated rings. The Balaban J connectivity index is 1.73. The molecule has 3 aromatic rings. The van der Waals surface area contributed by atoms with Gasteiger partial charge < -0.3 is 5.32 Å². The van der Waals surface area contributed by atoms with Crippen molar-refractivity contribution in [2.24, 2.45) is 0 Å². The fourth-order valence-electron chi connectivity index (χ4n) is 2.04. The summed E-state index contributed by atoms with van der Waals surface area (Å²) in [6, 6.07) is 14.2. The lowest BCUT2D eigenvalue weighted by atomic mass is 10.1. The number of hydrogen-bond acceptors (Lipinski definition) is 4. The average molecular weight is 276 g/mol. The fraction of sp³-hybridized carbons (Fsp3) is 0.118. The average Bonchev–Trinajstić information content (AvgIpc) is 2.55. The van der Waals surface area contributed by atoms with E-state index in [4.69, 9.17) is 0 Å². The molecule has 0 radical (unpaired) electrons. The molecule has 0 aliphatic heterocycles. The summed E-state index contributed by atoms with van der Waals surface area (Å²) >= 11 is 0. The molecule has 21 heavy (non-hydrogen) atoms. The number of aromatic nitrogens is 3. The molecule has 0 saturated heterocycles. The molecule has 3 rings (SSSR count). The monoisotopic (exact) mass is 276 g/mol. The Morgan fingerprint density at radius 2 is 1.81 bits per heavy atom. The number of hydrogen-bond donors (Lipinski definition) is 1. The van der Waals surface area contributed by atoms with E-state index in [1.54, 1.807) is 18.6 Å². The molecule has 2 heterocycles. The van der Waals surface area contributed by atoms with E-state index in [9.17, 15) is 0 Å². The minimum atomic E-state index is 0.642. The van der Waals surface area contributed by atoms with E-state index in [1.807, 2.05) is 31.2 Å². The van der Waals surface area contributed by atoms with Crippen molar-refractivity contribution in [1.29, 1.82) is 0 Å².